The van der Waals surface area contributed by atoms with Gasteiger partial charge in [-0.15, -0.1) is 11.8 Å². The molecule has 1 unspecified atom stereocenters. The molecule has 4 nitrogen and oxygen atoms in total. The molecular weight excluding hydrogens is 301 g/mol. The number of carbonyl (C=O) groups is 1. The van der Waals surface area contributed by atoms with Gasteiger partial charge in [0.25, 0.3) is 0 Å². The van der Waals surface area contributed by atoms with Crippen LogP contribution < -0.4 is 5.32 Å². The Balaban J connectivity index is 1.72. The van der Waals surface area contributed by atoms with Crippen molar-refractivity contribution < 1.29 is 17.6 Å². The molecule has 0 spiro atoms. The monoisotopic (exact) mass is 317 g/mol. The van der Waals surface area contributed by atoms with Gasteiger partial charge in [0, 0.05) is 23.1 Å². The molecule has 1 aliphatic heterocycles. The first-order valence-electron chi connectivity index (χ1n) is 6.33. The quantitative estimate of drug-likeness (QED) is 0.838. The lowest BCUT2D eigenvalue weighted by molar-refractivity contribution is -0.121. The van der Waals surface area contributed by atoms with Gasteiger partial charge in [0.2, 0.25) is 5.91 Å². The van der Waals surface area contributed by atoms with Gasteiger partial charge >= 0.3 is 0 Å². The zero-order chi connectivity index (χ0) is 14.6. The summed E-state index contributed by atoms with van der Waals surface area (Å²) in [6, 6.07) is 6.14. The second-order valence-corrected chi connectivity index (χ2v) is 8.06. The molecule has 1 aromatic carbocycles. The van der Waals surface area contributed by atoms with Crippen molar-refractivity contribution in [3.63, 3.8) is 0 Å². The summed E-state index contributed by atoms with van der Waals surface area (Å²) < 4.78 is 35.9. The Morgan fingerprint density at radius 2 is 2.15 bits per heavy atom. The minimum absolute atomic E-state index is 0.0270. The van der Waals surface area contributed by atoms with Gasteiger partial charge in [-0.05, 0) is 18.6 Å². The normalized spacial score (nSPS) is 20.8. The van der Waals surface area contributed by atoms with Gasteiger partial charge in [0.15, 0.2) is 9.84 Å². The van der Waals surface area contributed by atoms with Gasteiger partial charge in [-0.1, -0.05) is 12.1 Å². The zero-order valence-corrected chi connectivity index (χ0v) is 12.5. The summed E-state index contributed by atoms with van der Waals surface area (Å²) >= 11 is 1.28. The molecule has 0 aliphatic carbocycles. The third-order valence-corrected chi connectivity index (χ3v) is 5.84. The molecule has 1 aromatic rings. The smallest absolute Gasteiger partial charge is 0.221 e. The summed E-state index contributed by atoms with van der Waals surface area (Å²) in [5.41, 5.74) is 0. The van der Waals surface area contributed by atoms with Crippen molar-refractivity contribution in [1.82, 2.24) is 5.32 Å². The molecule has 0 saturated carbocycles. The van der Waals surface area contributed by atoms with Crippen LogP contribution in [0.2, 0.25) is 0 Å². The van der Waals surface area contributed by atoms with Crippen molar-refractivity contribution in [1.29, 1.82) is 0 Å². The average molecular weight is 317 g/mol. The molecule has 2 rings (SSSR count). The topological polar surface area (TPSA) is 63.2 Å². The van der Waals surface area contributed by atoms with E-state index >= 15 is 0 Å². The van der Waals surface area contributed by atoms with Crippen molar-refractivity contribution in [2.75, 3.05) is 17.3 Å². The van der Waals surface area contributed by atoms with Crippen LogP contribution in [0.5, 0.6) is 0 Å². The summed E-state index contributed by atoms with van der Waals surface area (Å²) in [6.07, 6.45) is 0.726. The summed E-state index contributed by atoms with van der Waals surface area (Å²) in [5.74, 6) is 0.156. The molecule has 0 aromatic heterocycles. The van der Waals surface area contributed by atoms with E-state index in [0.29, 0.717) is 17.1 Å². The SMILES string of the molecule is O=C(CCSc1ccccc1F)NC1CCS(=O)(=O)C1. The van der Waals surface area contributed by atoms with Gasteiger partial charge in [0.05, 0.1) is 11.5 Å². The number of sulfone groups is 1. The Kier molecular flexibility index (Phi) is 5.04. The highest BCUT2D eigenvalue weighted by molar-refractivity contribution is 7.99. The van der Waals surface area contributed by atoms with Crippen LogP contribution in [0.3, 0.4) is 0 Å². The fraction of sp³-hybridized carbons (Fsp3) is 0.462. The number of amides is 1. The first-order chi connectivity index (χ1) is 9.46. The van der Waals surface area contributed by atoms with Crippen LogP contribution in [0.15, 0.2) is 29.2 Å². The lowest BCUT2D eigenvalue weighted by atomic mass is 10.2. The van der Waals surface area contributed by atoms with Crippen LogP contribution in [-0.2, 0) is 14.6 Å². The molecule has 1 N–H and O–H groups in total. The number of hydrogen-bond acceptors (Lipinski definition) is 4. The molecule has 0 radical (unpaired) electrons. The van der Waals surface area contributed by atoms with Gasteiger partial charge in [0.1, 0.15) is 5.82 Å². The Morgan fingerprint density at radius 3 is 2.80 bits per heavy atom. The lowest BCUT2D eigenvalue weighted by Gasteiger charge is -2.10. The lowest BCUT2D eigenvalue weighted by Crippen LogP contribution is -2.35. The molecule has 1 fully saturated rings. The number of thioether (sulfide) groups is 1. The van der Waals surface area contributed by atoms with Crippen molar-refractivity contribution in [2.45, 2.75) is 23.8 Å². The van der Waals surface area contributed by atoms with E-state index in [1.807, 2.05) is 0 Å². The second kappa shape index (κ2) is 6.58. The van der Waals surface area contributed by atoms with E-state index < -0.39 is 9.84 Å². The van der Waals surface area contributed by atoms with Crippen LogP contribution in [0.4, 0.5) is 4.39 Å². The van der Waals surface area contributed by atoms with Crippen molar-refractivity contribution in [2.24, 2.45) is 0 Å². The number of benzene rings is 1. The highest BCUT2D eigenvalue weighted by atomic mass is 32.2. The standard InChI is InChI=1S/C13H16FNO3S2/c14-11-3-1-2-4-12(11)19-7-5-13(16)15-10-6-8-20(17,18)9-10/h1-4,10H,5-9H2,(H,15,16). The molecule has 1 saturated heterocycles. The summed E-state index contributed by atoms with van der Waals surface area (Å²) in [6.45, 7) is 0. The highest BCUT2D eigenvalue weighted by Crippen LogP contribution is 2.21. The number of hydrogen-bond donors (Lipinski definition) is 1. The molecule has 110 valence electrons. The van der Waals surface area contributed by atoms with Crippen molar-refractivity contribution >= 4 is 27.5 Å². The van der Waals surface area contributed by atoms with Crippen molar-refractivity contribution in [3.8, 4) is 0 Å². The summed E-state index contributed by atoms with van der Waals surface area (Å²) in [4.78, 5) is 12.2. The maximum Gasteiger partial charge on any atom is 0.221 e. The van der Waals surface area contributed by atoms with Gasteiger partial charge in [-0.25, -0.2) is 12.8 Å². The van der Waals surface area contributed by atoms with E-state index in [0.717, 1.165) is 0 Å². The van der Waals surface area contributed by atoms with E-state index in [1.165, 1.54) is 17.8 Å². The predicted molar refractivity (Wildman–Crippen MR) is 76.9 cm³/mol. The Labute approximate surface area is 122 Å². The first kappa shape index (κ1) is 15.3. The minimum atomic E-state index is -2.98. The van der Waals surface area contributed by atoms with Crippen LogP contribution in [-0.4, -0.2) is 37.6 Å². The molecule has 7 heteroatoms. The maximum atomic E-state index is 13.3. The maximum absolute atomic E-state index is 13.3. The fourth-order valence-electron chi connectivity index (χ4n) is 2.02. The predicted octanol–water partition coefficient (Wildman–Crippen LogP) is 1.61. The highest BCUT2D eigenvalue weighted by Gasteiger charge is 2.28. The van der Waals surface area contributed by atoms with Crippen LogP contribution >= 0.6 is 11.8 Å². The minimum Gasteiger partial charge on any atom is -0.352 e. The number of carbonyl (C=O) groups excluding carboxylic acids is 1. The number of nitrogens with one attached hydrogen (secondary N) is 1. The second-order valence-electron chi connectivity index (χ2n) is 4.70. The number of halogens is 1. The fourth-order valence-corrected chi connectivity index (χ4v) is 4.59. The van der Waals surface area contributed by atoms with E-state index in [4.69, 9.17) is 0 Å². The Bertz CT molecular complexity index is 589. The molecule has 1 aliphatic rings. The molecular formula is C13H16FNO3S2. The third kappa shape index (κ3) is 4.49. The van der Waals surface area contributed by atoms with E-state index in [2.05, 4.69) is 5.32 Å². The van der Waals surface area contributed by atoms with Crippen LogP contribution in [0.1, 0.15) is 12.8 Å². The Morgan fingerprint density at radius 1 is 1.40 bits per heavy atom. The van der Waals surface area contributed by atoms with E-state index in [1.54, 1.807) is 18.2 Å². The molecule has 20 heavy (non-hydrogen) atoms. The summed E-state index contributed by atoms with van der Waals surface area (Å²) in [5, 5.41) is 2.71. The van der Waals surface area contributed by atoms with Crippen LogP contribution in [0, 0.1) is 5.82 Å². The van der Waals surface area contributed by atoms with E-state index in [9.17, 15) is 17.6 Å². The average Bonchev–Trinajstić information content (AvgIpc) is 2.71. The molecule has 1 heterocycles. The van der Waals surface area contributed by atoms with Crippen LogP contribution in [0.25, 0.3) is 0 Å². The van der Waals surface area contributed by atoms with Gasteiger partial charge in [-0.2, -0.15) is 0 Å². The van der Waals surface area contributed by atoms with Gasteiger partial charge < -0.3 is 5.32 Å². The zero-order valence-electron chi connectivity index (χ0n) is 10.8. The largest absolute Gasteiger partial charge is 0.352 e. The Hall–Kier alpha value is -1.08. The van der Waals surface area contributed by atoms with Gasteiger partial charge in [-0.3, -0.25) is 4.79 Å². The molecule has 1 amide bonds. The molecule has 0 bridgehead atoms. The molecule has 1 atom stereocenters. The first-order valence-corrected chi connectivity index (χ1v) is 9.14. The third-order valence-electron chi connectivity index (χ3n) is 3.02. The van der Waals surface area contributed by atoms with Crippen molar-refractivity contribution in [3.05, 3.63) is 30.1 Å². The number of rotatable bonds is 5. The summed E-state index contributed by atoms with van der Waals surface area (Å²) in [7, 11) is -2.98. The van der Waals surface area contributed by atoms with E-state index in [-0.39, 0.29) is 35.7 Å².